The van der Waals surface area contributed by atoms with E-state index in [9.17, 15) is 8.42 Å². The van der Waals surface area contributed by atoms with Gasteiger partial charge in [0.1, 0.15) is 0 Å². The van der Waals surface area contributed by atoms with Gasteiger partial charge in [-0.15, -0.1) is 0 Å². The van der Waals surface area contributed by atoms with E-state index in [1.807, 2.05) is 7.05 Å². The minimum absolute atomic E-state index is 0.105. The number of ether oxygens (including phenoxy) is 1. The highest BCUT2D eigenvalue weighted by Gasteiger charge is 2.31. The highest BCUT2D eigenvalue weighted by Crippen LogP contribution is 2.15. The summed E-state index contributed by atoms with van der Waals surface area (Å²) in [6.07, 6.45) is 2.57. The molecule has 8 heteroatoms. The van der Waals surface area contributed by atoms with Crippen LogP contribution in [0.2, 0.25) is 0 Å². The van der Waals surface area contributed by atoms with E-state index in [2.05, 4.69) is 15.3 Å². The number of rotatable bonds is 4. The smallest absolute Gasteiger partial charge is 0.260 e. The Labute approximate surface area is 100 Å². The second kappa shape index (κ2) is 5.13. The Morgan fingerprint density at radius 1 is 1.71 bits per heavy atom. The molecule has 1 aliphatic heterocycles. The minimum Gasteiger partial charge on any atom is -0.374 e. The predicted molar refractivity (Wildman–Crippen MR) is 61.0 cm³/mol. The Balaban J connectivity index is 2.12. The van der Waals surface area contributed by atoms with Gasteiger partial charge in [-0.25, -0.2) is 13.4 Å². The van der Waals surface area contributed by atoms with Gasteiger partial charge in [-0.2, -0.15) is 4.31 Å². The normalized spacial score (nSPS) is 22.8. The lowest BCUT2D eigenvalue weighted by molar-refractivity contribution is 0.000763. The molecule has 1 aromatic rings. The van der Waals surface area contributed by atoms with Crippen LogP contribution in [-0.4, -0.2) is 62.1 Å². The second-order valence-corrected chi connectivity index (χ2v) is 5.74. The maximum absolute atomic E-state index is 12.2. The van der Waals surface area contributed by atoms with Crippen LogP contribution in [0.4, 0.5) is 0 Å². The summed E-state index contributed by atoms with van der Waals surface area (Å²) in [5.41, 5.74) is 0. The maximum atomic E-state index is 12.2. The third kappa shape index (κ3) is 2.65. The van der Waals surface area contributed by atoms with Crippen LogP contribution in [0.15, 0.2) is 17.6 Å². The molecule has 0 bridgehead atoms. The number of aromatic amines is 1. The fourth-order valence-electron chi connectivity index (χ4n) is 1.79. The van der Waals surface area contributed by atoms with Crippen molar-refractivity contribution in [1.29, 1.82) is 0 Å². The molecule has 1 saturated heterocycles. The van der Waals surface area contributed by atoms with Gasteiger partial charge in [-0.05, 0) is 7.05 Å². The van der Waals surface area contributed by atoms with Crippen LogP contribution in [0.5, 0.6) is 0 Å². The Morgan fingerprint density at radius 3 is 3.18 bits per heavy atom. The van der Waals surface area contributed by atoms with E-state index in [0.717, 1.165) is 0 Å². The van der Waals surface area contributed by atoms with Crippen molar-refractivity contribution in [2.75, 3.05) is 33.3 Å². The molecular weight excluding hydrogens is 244 g/mol. The summed E-state index contributed by atoms with van der Waals surface area (Å²) >= 11 is 0. The number of nitrogens with zero attached hydrogens (tertiary/aromatic N) is 2. The molecule has 1 fully saturated rings. The molecule has 0 aromatic carbocycles. The van der Waals surface area contributed by atoms with Crippen LogP contribution in [-0.2, 0) is 14.8 Å². The van der Waals surface area contributed by atoms with Crippen molar-refractivity contribution in [1.82, 2.24) is 19.6 Å². The molecule has 0 radical (unpaired) electrons. The summed E-state index contributed by atoms with van der Waals surface area (Å²) in [5.74, 6) is 0. The zero-order valence-electron chi connectivity index (χ0n) is 9.59. The molecule has 0 amide bonds. The molecule has 0 saturated carbocycles. The summed E-state index contributed by atoms with van der Waals surface area (Å²) in [4.78, 5) is 6.36. The molecule has 1 aliphatic rings. The molecule has 2 rings (SSSR count). The molecule has 1 atom stereocenters. The third-order valence-corrected chi connectivity index (χ3v) is 4.41. The Bertz CT molecular complexity index is 443. The van der Waals surface area contributed by atoms with Gasteiger partial charge in [0, 0.05) is 19.6 Å². The summed E-state index contributed by atoms with van der Waals surface area (Å²) in [6.45, 7) is 1.79. The van der Waals surface area contributed by atoms with Crippen LogP contribution >= 0.6 is 0 Å². The van der Waals surface area contributed by atoms with Crippen LogP contribution in [0, 0.1) is 0 Å². The molecule has 2 N–H and O–H groups in total. The van der Waals surface area contributed by atoms with Gasteiger partial charge in [0.05, 0.1) is 25.2 Å². The fourth-order valence-corrected chi connectivity index (χ4v) is 3.14. The second-order valence-electron chi connectivity index (χ2n) is 3.83. The molecule has 0 spiro atoms. The summed E-state index contributed by atoms with van der Waals surface area (Å²) in [7, 11) is -1.65. The summed E-state index contributed by atoms with van der Waals surface area (Å²) in [6, 6.07) is 0. The molecule has 7 nitrogen and oxygen atoms in total. The number of H-pyrrole nitrogens is 1. The van der Waals surface area contributed by atoms with Crippen LogP contribution in [0.3, 0.4) is 0 Å². The summed E-state index contributed by atoms with van der Waals surface area (Å²) in [5, 5.41) is 3.10. The summed E-state index contributed by atoms with van der Waals surface area (Å²) < 4.78 is 31.2. The molecular formula is C9H16N4O3S. The average Bonchev–Trinajstić information content (AvgIpc) is 2.84. The lowest BCUT2D eigenvalue weighted by Crippen LogP contribution is -2.48. The van der Waals surface area contributed by atoms with Gasteiger partial charge < -0.3 is 15.0 Å². The number of aromatic nitrogens is 2. The number of hydrogen-bond acceptors (Lipinski definition) is 5. The Morgan fingerprint density at radius 2 is 2.53 bits per heavy atom. The van der Waals surface area contributed by atoms with E-state index in [1.54, 1.807) is 0 Å². The highest BCUT2D eigenvalue weighted by atomic mass is 32.2. The van der Waals surface area contributed by atoms with Crippen LogP contribution in [0.25, 0.3) is 0 Å². The van der Waals surface area contributed by atoms with E-state index >= 15 is 0 Å². The molecule has 17 heavy (non-hydrogen) atoms. The first kappa shape index (κ1) is 12.5. The zero-order chi connectivity index (χ0) is 12.3. The van der Waals surface area contributed by atoms with Crippen molar-refractivity contribution in [2.45, 2.75) is 11.1 Å². The largest absolute Gasteiger partial charge is 0.374 e. The lowest BCUT2D eigenvalue weighted by Gasteiger charge is -2.31. The first-order chi connectivity index (χ1) is 8.14. The van der Waals surface area contributed by atoms with Gasteiger partial charge in [0.2, 0.25) is 0 Å². The van der Waals surface area contributed by atoms with E-state index < -0.39 is 10.0 Å². The maximum Gasteiger partial charge on any atom is 0.260 e. The number of sulfonamides is 1. The van der Waals surface area contributed by atoms with Gasteiger partial charge in [-0.1, -0.05) is 0 Å². The molecule has 2 heterocycles. The standard InChI is InChI=1S/C9H16N4O3S/c1-10-4-8-6-13(2-3-16-8)17(14,15)9-5-11-7-12-9/h5,7-8,10H,2-4,6H2,1H3,(H,11,12). The van der Waals surface area contributed by atoms with Crippen molar-refractivity contribution in [2.24, 2.45) is 0 Å². The Hall–Kier alpha value is -0.960. The quantitative estimate of drug-likeness (QED) is 0.726. The van der Waals surface area contributed by atoms with Crippen molar-refractivity contribution in [3.63, 3.8) is 0 Å². The van der Waals surface area contributed by atoms with Gasteiger partial charge in [0.25, 0.3) is 10.0 Å². The van der Waals surface area contributed by atoms with E-state index in [0.29, 0.717) is 26.2 Å². The van der Waals surface area contributed by atoms with Crippen LogP contribution < -0.4 is 5.32 Å². The number of hydrogen-bond donors (Lipinski definition) is 2. The number of morpholine rings is 1. The van der Waals surface area contributed by atoms with Crippen molar-refractivity contribution in [3.8, 4) is 0 Å². The Kier molecular flexibility index (Phi) is 3.77. The average molecular weight is 260 g/mol. The van der Waals surface area contributed by atoms with E-state index in [1.165, 1.54) is 16.8 Å². The van der Waals surface area contributed by atoms with Crippen molar-refractivity contribution >= 4 is 10.0 Å². The SMILES string of the molecule is CNCC1CN(S(=O)(=O)c2cnc[nH]2)CCO1. The van der Waals surface area contributed by atoms with Gasteiger partial charge >= 0.3 is 0 Å². The highest BCUT2D eigenvalue weighted by molar-refractivity contribution is 7.89. The fraction of sp³-hybridized carbons (Fsp3) is 0.667. The lowest BCUT2D eigenvalue weighted by atomic mass is 10.3. The van der Waals surface area contributed by atoms with E-state index in [-0.39, 0.29) is 11.1 Å². The monoisotopic (exact) mass is 260 g/mol. The molecule has 96 valence electrons. The molecule has 1 aromatic heterocycles. The third-order valence-electron chi connectivity index (χ3n) is 2.62. The first-order valence-corrected chi connectivity index (χ1v) is 6.83. The van der Waals surface area contributed by atoms with E-state index in [4.69, 9.17) is 4.74 Å². The van der Waals surface area contributed by atoms with Gasteiger partial charge in [-0.3, -0.25) is 0 Å². The van der Waals surface area contributed by atoms with Gasteiger partial charge in [0.15, 0.2) is 5.03 Å². The molecule has 1 unspecified atom stereocenters. The van der Waals surface area contributed by atoms with Crippen molar-refractivity contribution in [3.05, 3.63) is 12.5 Å². The van der Waals surface area contributed by atoms with Crippen LogP contribution in [0.1, 0.15) is 0 Å². The minimum atomic E-state index is -3.46. The zero-order valence-corrected chi connectivity index (χ0v) is 10.4. The number of nitrogens with one attached hydrogen (secondary N) is 2. The number of imidazole rings is 1. The molecule has 0 aliphatic carbocycles. The van der Waals surface area contributed by atoms with Crippen molar-refractivity contribution < 1.29 is 13.2 Å². The predicted octanol–water partition coefficient (Wildman–Crippen LogP) is -0.981. The number of likely N-dealkylation sites (N-methyl/N-ethyl adjacent to an activating group) is 1. The first-order valence-electron chi connectivity index (χ1n) is 5.39. The topological polar surface area (TPSA) is 87.3 Å².